The SMILES string of the molecule is CC[C@@H](C)NC(=O)[C@@H](C)N(CCc1ccccc1)C(=O)CN(c1ccc(C23CC4CC(CC(C4)C2)C3)cc1)S(C)(=O)=O. The van der Waals surface area contributed by atoms with Crippen molar-refractivity contribution in [1.82, 2.24) is 10.2 Å². The summed E-state index contributed by atoms with van der Waals surface area (Å²) >= 11 is 0. The number of sulfonamides is 1. The molecule has 0 saturated heterocycles. The Morgan fingerprint density at radius 1 is 0.929 bits per heavy atom. The highest BCUT2D eigenvalue weighted by Crippen LogP contribution is 2.60. The summed E-state index contributed by atoms with van der Waals surface area (Å²) in [6, 6.07) is 17.0. The van der Waals surface area contributed by atoms with Crippen molar-refractivity contribution in [2.24, 2.45) is 17.8 Å². The van der Waals surface area contributed by atoms with Crippen LogP contribution in [-0.4, -0.2) is 56.6 Å². The van der Waals surface area contributed by atoms with Gasteiger partial charge in [-0.25, -0.2) is 8.42 Å². The van der Waals surface area contributed by atoms with Crippen molar-refractivity contribution in [1.29, 1.82) is 0 Å². The van der Waals surface area contributed by atoms with Crippen LogP contribution in [0.1, 0.15) is 76.8 Å². The zero-order valence-electron chi connectivity index (χ0n) is 25.6. The van der Waals surface area contributed by atoms with Gasteiger partial charge in [0.1, 0.15) is 12.6 Å². The van der Waals surface area contributed by atoms with E-state index in [2.05, 4.69) is 17.4 Å². The van der Waals surface area contributed by atoms with Gasteiger partial charge in [-0.15, -0.1) is 0 Å². The van der Waals surface area contributed by atoms with Gasteiger partial charge in [0, 0.05) is 12.6 Å². The van der Waals surface area contributed by atoms with Crippen molar-refractivity contribution in [2.45, 2.75) is 89.6 Å². The Hall–Kier alpha value is -2.87. The van der Waals surface area contributed by atoms with Crippen LogP contribution in [0.3, 0.4) is 0 Å². The van der Waals surface area contributed by atoms with Crippen LogP contribution in [0.2, 0.25) is 0 Å². The molecule has 2 aromatic carbocycles. The van der Waals surface area contributed by atoms with Gasteiger partial charge in [-0.2, -0.15) is 0 Å². The van der Waals surface area contributed by atoms with E-state index in [0.29, 0.717) is 18.7 Å². The maximum absolute atomic E-state index is 13.8. The largest absolute Gasteiger partial charge is 0.352 e. The second-order valence-corrected chi connectivity index (χ2v) is 15.2. The highest BCUT2D eigenvalue weighted by Gasteiger charge is 2.51. The summed E-state index contributed by atoms with van der Waals surface area (Å²) in [6.07, 6.45) is 10.3. The zero-order valence-corrected chi connectivity index (χ0v) is 26.4. The van der Waals surface area contributed by atoms with Crippen LogP contribution in [0, 0.1) is 17.8 Å². The van der Waals surface area contributed by atoms with Gasteiger partial charge < -0.3 is 10.2 Å². The number of hydrogen-bond acceptors (Lipinski definition) is 4. The van der Waals surface area contributed by atoms with Gasteiger partial charge in [0.2, 0.25) is 21.8 Å². The molecule has 4 fully saturated rings. The third-order valence-corrected chi connectivity index (χ3v) is 11.3. The molecule has 1 N–H and O–H groups in total. The molecule has 0 radical (unpaired) electrons. The number of nitrogens with zero attached hydrogens (tertiary/aromatic N) is 2. The Balaban J connectivity index is 1.35. The van der Waals surface area contributed by atoms with E-state index < -0.39 is 22.0 Å². The molecule has 0 aromatic heterocycles. The summed E-state index contributed by atoms with van der Waals surface area (Å²) in [6.45, 7) is 5.59. The van der Waals surface area contributed by atoms with Gasteiger partial charge in [-0.1, -0.05) is 49.4 Å². The van der Waals surface area contributed by atoms with Crippen LogP contribution in [0.15, 0.2) is 54.6 Å². The minimum Gasteiger partial charge on any atom is -0.352 e. The molecule has 4 bridgehead atoms. The molecule has 0 aliphatic heterocycles. The molecule has 2 aromatic rings. The first kappa shape index (κ1) is 30.6. The van der Waals surface area contributed by atoms with E-state index in [1.165, 1.54) is 53.3 Å². The minimum atomic E-state index is -3.76. The molecular weight excluding hydrogens is 546 g/mol. The minimum absolute atomic E-state index is 0.0222. The summed E-state index contributed by atoms with van der Waals surface area (Å²) in [5.41, 5.74) is 3.06. The smallest absolute Gasteiger partial charge is 0.244 e. The van der Waals surface area contributed by atoms with E-state index >= 15 is 0 Å². The van der Waals surface area contributed by atoms with E-state index in [0.717, 1.165) is 36.0 Å². The number of amides is 2. The van der Waals surface area contributed by atoms with Gasteiger partial charge >= 0.3 is 0 Å². The molecular formula is C34H47N3O4S. The molecule has 4 aliphatic rings. The van der Waals surface area contributed by atoms with Crippen LogP contribution < -0.4 is 9.62 Å². The Kier molecular flexibility index (Phi) is 9.02. The molecule has 7 nitrogen and oxygen atoms in total. The van der Waals surface area contributed by atoms with Crippen LogP contribution in [0.25, 0.3) is 0 Å². The summed E-state index contributed by atoms with van der Waals surface area (Å²) in [5.74, 6) is 1.83. The Morgan fingerprint density at radius 3 is 2.02 bits per heavy atom. The van der Waals surface area contributed by atoms with Gasteiger partial charge in [-0.3, -0.25) is 13.9 Å². The molecule has 2 atom stereocenters. The number of hydrogen-bond donors (Lipinski definition) is 1. The molecule has 2 amide bonds. The molecule has 0 unspecified atom stereocenters. The topological polar surface area (TPSA) is 86.8 Å². The van der Waals surface area contributed by atoms with E-state index in [1.807, 2.05) is 56.3 Å². The fourth-order valence-electron chi connectivity index (χ4n) is 8.09. The molecule has 228 valence electrons. The Labute approximate surface area is 252 Å². The maximum Gasteiger partial charge on any atom is 0.244 e. The lowest BCUT2D eigenvalue weighted by atomic mass is 9.48. The molecule has 4 aliphatic carbocycles. The highest BCUT2D eigenvalue weighted by atomic mass is 32.2. The fraction of sp³-hybridized carbons (Fsp3) is 0.588. The van der Waals surface area contributed by atoms with Crippen molar-refractivity contribution < 1.29 is 18.0 Å². The number of carbonyl (C=O) groups excluding carboxylic acids is 2. The quantitative estimate of drug-likeness (QED) is 0.362. The summed E-state index contributed by atoms with van der Waals surface area (Å²) < 4.78 is 27.3. The predicted molar refractivity (Wildman–Crippen MR) is 168 cm³/mol. The molecule has 8 heteroatoms. The highest BCUT2D eigenvalue weighted by molar-refractivity contribution is 7.92. The van der Waals surface area contributed by atoms with Crippen LogP contribution in [0.4, 0.5) is 5.69 Å². The average Bonchev–Trinajstić information content (AvgIpc) is 2.95. The van der Waals surface area contributed by atoms with Crippen LogP contribution in [0.5, 0.6) is 0 Å². The number of nitrogens with one attached hydrogen (secondary N) is 1. The lowest BCUT2D eigenvalue weighted by Gasteiger charge is -2.57. The molecule has 0 spiro atoms. The van der Waals surface area contributed by atoms with Gasteiger partial charge in [0.05, 0.1) is 11.9 Å². The predicted octanol–water partition coefficient (Wildman–Crippen LogP) is 5.29. The van der Waals surface area contributed by atoms with E-state index in [4.69, 9.17) is 0 Å². The monoisotopic (exact) mass is 593 g/mol. The lowest BCUT2D eigenvalue weighted by Crippen LogP contribution is -2.53. The third-order valence-electron chi connectivity index (χ3n) is 10.1. The zero-order chi connectivity index (χ0) is 30.1. The molecule has 6 rings (SSSR count). The second-order valence-electron chi connectivity index (χ2n) is 13.3. The summed E-state index contributed by atoms with van der Waals surface area (Å²) in [4.78, 5) is 28.4. The first-order valence-electron chi connectivity index (χ1n) is 15.7. The first-order valence-corrected chi connectivity index (χ1v) is 17.5. The number of rotatable bonds is 12. The maximum atomic E-state index is 13.8. The lowest BCUT2D eigenvalue weighted by molar-refractivity contribution is -0.139. The Bertz CT molecular complexity index is 1320. The van der Waals surface area contributed by atoms with E-state index in [9.17, 15) is 18.0 Å². The fourth-order valence-corrected chi connectivity index (χ4v) is 8.94. The standard InChI is InChI=1S/C34H47N3O4S/c1-5-24(2)35-33(39)25(3)36(16-15-26-9-7-6-8-10-26)32(38)23-37(42(4,40)41)31-13-11-30(12-14-31)34-20-27-17-28(21-34)19-29(18-27)22-34/h6-14,24-25,27-29H,5,15-23H2,1-4H3,(H,35,39)/t24-,25-,27?,28?,29?,34?/m1/s1. The van der Waals surface area contributed by atoms with Crippen molar-refractivity contribution in [2.75, 3.05) is 23.7 Å². The van der Waals surface area contributed by atoms with Crippen molar-refractivity contribution in [3.05, 3.63) is 65.7 Å². The van der Waals surface area contributed by atoms with Gasteiger partial charge in [-0.05, 0) is 112 Å². The van der Waals surface area contributed by atoms with Gasteiger partial charge in [0.25, 0.3) is 0 Å². The number of anilines is 1. The first-order chi connectivity index (χ1) is 20.0. The molecule has 42 heavy (non-hydrogen) atoms. The molecule has 0 heterocycles. The third kappa shape index (κ3) is 6.69. The normalized spacial score (nSPS) is 26.0. The van der Waals surface area contributed by atoms with Crippen LogP contribution in [-0.2, 0) is 31.4 Å². The summed E-state index contributed by atoms with van der Waals surface area (Å²) in [5, 5.41) is 2.97. The summed E-state index contributed by atoms with van der Waals surface area (Å²) in [7, 11) is -3.76. The van der Waals surface area contributed by atoms with E-state index in [-0.39, 0.29) is 23.9 Å². The average molecular weight is 594 g/mol. The number of benzene rings is 2. The van der Waals surface area contributed by atoms with Crippen molar-refractivity contribution in [3.8, 4) is 0 Å². The van der Waals surface area contributed by atoms with Crippen LogP contribution >= 0.6 is 0 Å². The Morgan fingerprint density at radius 2 is 1.50 bits per heavy atom. The van der Waals surface area contributed by atoms with Crippen molar-refractivity contribution in [3.63, 3.8) is 0 Å². The van der Waals surface area contributed by atoms with E-state index in [1.54, 1.807) is 6.92 Å². The second kappa shape index (κ2) is 12.4. The van der Waals surface area contributed by atoms with Gasteiger partial charge in [0.15, 0.2) is 0 Å². The molecule has 4 saturated carbocycles. The number of carbonyl (C=O) groups is 2. The van der Waals surface area contributed by atoms with Crippen molar-refractivity contribution >= 4 is 27.5 Å².